The molecule has 0 aliphatic carbocycles. The van der Waals surface area contributed by atoms with Crippen molar-refractivity contribution in [3.8, 4) is 5.75 Å². The number of carbonyl (C=O) groups is 1. The molecule has 0 unspecified atom stereocenters. The second kappa shape index (κ2) is 8.39. The number of hydrogen-bond acceptors (Lipinski definition) is 5. The van der Waals surface area contributed by atoms with Gasteiger partial charge in [-0.1, -0.05) is 23.4 Å². The molecule has 0 spiro atoms. The van der Waals surface area contributed by atoms with Gasteiger partial charge in [-0.15, -0.1) is 0 Å². The summed E-state index contributed by atoms with van der Waals surface area (Å²) in [5.74, 6) is 1.01. The topological polar surface area (TPSA) is 82.2 Å². The summed E-state index contributed by atoms with van der Waals surface area (Å²) >= 11 is 3.45. The van der Waals surface area contributed by atoms with E-state index in [-0.39, 0.29) is 18.2 Å². The van der Waals surface area contributed by atoms with E-state index in [1.807, 2.05) is 42.8 Å². The molecule has 0 atom stereocenters. The van der Waals surface area contributed by atoms with Crippen molar-refractivity contribution in [1.29, 1.82) is 0 Å². The number of aryl methyl sites for hydroxylation is 3. The van der Waals surface area contributed by atoms with E-state index in [9.17, 15) is 4.79 Å². The predicted molar refractivity (Wildman–Crippen MR) is 104 cm³/mol. The minimum Gasteiger partial charge on any atom is -0.488 e. The molecular weight excluding hydrogens is 412 g/mol. The maximum atomic E-state index is 12.6. The third-order valence-electron chi connectivity index (χ3n) is 4.28. The van der Waals surface area contributed by atoms with Crippen molar-refractivity contribution in [3.63, 3.8) is 0 Å². The van der Waals surface area contributed by atoms with Crippen LogP contribution in [0.2, 0.25) is 0 Å². The van der Waals surface area contributed by atoms with Gasteiger partial charge in [0.15, 0.2) is 5.69 Å². The van der Waals surface area contributed by atoms with Crippen LogP contribution in [0.5, 0.6) is 5.75 Å². The average Bonchev–Trinajstić information content (AvgIpc) is 3.21. The Morgan fingerprint density at radius 2 is 2.11 bits per heavy atom. The molecule has 2 aromatic heterocycles. The van der Waals surface area contributed by atoms with Gasteiger partial charge < -0.3 is 14.6 Å². The Kier molecular flexibility index (Phi) is 5.95. The van der Waals surface area contributed by atoms with Crippen LogP contribution in [0.15, 0.2) is 39.5 Å². The van der Waals surface area contributed by atoms with Crippen molar-refractivity contribution in [1.82, 2.24) is 20.3 Å². The number of aromatic nitrogens is 3. The Morgan fingerprint density at radius 3 is 2.85 bits per heavy atom. The van der Waals surface area contributed by atoms with Gasteiger partial charge in [0.1, 0.15) is 18.1 Å². The summed E-state index contributed by atoms with van der Waals surface area (Å²) in [5, 5.41) is 11.0. The van der Waals surface area contributed by atoms with Gasteiger partial charge in [-0.3, -0.25) is 9.48 Å². The number of nitrogens with one attached hydrogen (secondary N) is 1. The van der Waals surface area contributed by atoms with Crippen molar-refractivity contribution in [2.75, 3.05) is 0 Å². The van der Waals surface area contributed by atoms with E-state index in [0.29, 0.717) is 17.9 Å². The third-order valence-corrected chi connectivity index (χ3v) is 4.94. The Labute approximate surface area is 165 Å². The molecule has 27 heavy (non-hydrogen) atoms. The Morgan fingerprint density at radius 1 is 1.33 bits per heavy atom. The van der Waals surface area contributed by atoms with Gasteiger partial charge in [0.2, 0.25) is 0 Å². The molecule has 1 aromatic carbocycles. The first kappa shape index (κ1) is 19.2. The SMILES string of the molecule is CCn1ncc(Br)c1CNC(=O)c1noc(C)c1COc1ccccc1C. The van der Waals surface area contributed by atoms with Gasteiger partial charge in [0.25, 0.3) is 5.91 Å². The quantitative estimate of drug-likeness (QED) is 0.614. The summed E-state index contributed by atoms with van der Waals surface area (Å²) in [4.78, 5) is 12.6. The number of carbonyl (C=O) groups excluding carboxylic acids is 1. The number of benzene rings is 1. The van der Waals surface area contributed by atoms with Crippen LogP contribution in [-0.4, -0.2) is 20.8 Å². The summed E-state index contributed by atoms with van der Waals surface area (Å²) in [6.07, 6.45) is 1.71. The van der Waals surface area contributed by atoms with E-state index >= 15 is 0 Å². The van der Waals surface area contributed by atoms with Gasteiger partial charge in [-0.2, -0.15) is 5.10 Å². The molecular formula is C19H21BrN4O3. The van der Waals surface area contributed by atoms with E-state index in [1.165, 1.54) is 0 Å². The van der Waals surface area contributed by atoms with Crippen molar-refractivity contribution in [3.05, 3.63) is 63.2 Å². The number of halogens is 1. The fraction of sp³-hybridized carbons (Fsp3) is 0.316. The zero-order valence-corrected chi connectivity index (χ0v) is 17.0. The molecule has 7 nitrogen and oxygen atoms in total. The minimum absolute atomic E-state index is 0.208. The van der Waals surface area contributed by atoms with Crippen molar-refractivity contribution in [2.24, 2.45) is 0 Å². The van der Waals surface area contributed by atoms with Crippen molar-refractivity contribution >= 4 is 21.8 Å². The summed E-state index contributed by atoms with van der Waals surface area (Å²) in [6, 6.07) is 7.72. The third kappa shape index (κ3) is 4.21. The zero-order valence-electron chi connectivity index (χ0n) is 15.5. The molecule has 0 aliphatic heterocycles. The lowest BCUT2D eigenvalue weighted by Gasteiger charge is -2.10. The first-order valence-electron chi connectivity index (χ1n) is 8.63. The van der Waals surface area contributed by atoms with E-state index < -0.39 is 0 Å². The van der Waals surface area contributed by atoms with Crippen LogP contribution in [0.4, 0.5) is 0 Å². The highest BCUT2D eigenvalue weighted by atomic mass is 79.9. The predicted octanol–water partition coefficient (Wildman–Crippen LogP) is 3.78. The molecule has 0 fully saturated rings. The molecule has 3 rings (SSSR count). The highest BCUT2D eigenvalue weighted by Crippen LogP contribution is 2.21. The van der Waals surface area contributed by atoms with Crippen LogP contribution >= 0.6 is 15.9 Å². The molecule has 8 heteroatoms. The van der Waals surface area contributed by atoms with Crippen LogP contribution in [0.3, 0.4) is 0 Å². The van der Waals surface area contributed by atoms with E-state index in [1.54, 1.807) is 13.1 Å². The van der Waals surface area contributed by atoms with E-state index in [2.05, 4.69) is 31.5 Å². The van der Waals surface area contributed by atoms with Gasteiger partial charge in [-0.25, -0.2) is 0 Å². The van der Waals surface area contributed by atoms with Crippen LogP contribution in [0, 0.1) is 13.8 Å². The lowest BCUT2D eigenvalue weighted by atomic mass is 10.2. The normalized spacial score (nSPS) is 10.8. The summed E-state index contributed by atoms with van der Waals surface area (Å²) < 4.78 is 13.8. The zero-order chi connectivity index (χ0) is 19.4. The molecule has 0 radical (unpaired) electrons. The Hall–Kier alpha value is -2.61. The molecule has 1 N–H and O–H groups in total. The highest BCUT2D eigenvalue weighted by molar-refractivity contribution is 9.10. The summed E-state index contributed by atoms with van der Waals surface area (Å²) in [5.41, 5.74) is 2.79. The number of amides is 1. The largest absolute Gasteiger partial charge is 0.488 e. The first-order chi connectivity index (χ1) is 13.0. The number of nitrogens with zero attached hydrogens (tertiary/aromatic N) is 3. The van der Waals surface area contributed by atoms with Gasteiger partial charge >= 0.3 is 0 Å². The fourth-order valence-corrected chi connectivity index (χ4v) is 3.13. The standard InChI is InChI=1S/C19H21BrN4O3/c1-4-24-16(15(20)9-22-24)10-21-19(25)18-14(13(3)27-23-18)11-26-17-8-6-5-7-12(17)2/h5-9H,4,10-11H2,1-3H3,(H,21,25). The molecule has 0 bridgehead atoms. The fourth-order valence-electron chi connectivity index (χ4n) is 2.69. The van der Waals surface area contributed by atoms with E-state index in [4.69, 9.17) is 9.26 Å². The van der Waals surface area contributed by atoms with Gasteiger partial charge in [0.05, 0.1) is 28.5 Å². The van der Waals surface area contributed by atoms with Crippen molar-refractivity contribution in [2.45, 2.75) is 40.5 Å². The molecule has 0 saturated heterocycles. The van der Waals surface area contributed by atoms with Crippen molar-refractivity contribution < 1.29 is 14.1 Å². The van der Waals surface area contributed by atoms with Gasteiger partial charge in [0, 0.05) is 6.54 Å². The maximum Gasteiger partial charge on any atom is 0.274 e. The molecule has 0 aliphatic rings. The lowest BCUT2D eigenvalue weighted by molar-refractivity contribution is 0.0938. The molecule has 1 amide bonds. The van der Waals surface area contributed by atoms with Crippen LogP contribution in [0.1, 0.15) is 40.0 Å². The average molecular weight is 433 g/mol. The second-order valence-electron chi connectivity index (χ2n) is 6.06. The first-order valence-corrected chi connectivity index (χ1v) is 9.42. The lowest BCUT2D eigenvalue weighted by Crippen LogP contribution is -2.26. The van der Waals surface area contributed by atoms with Crippen LogP contribution in [-0.2, 0) is 19.7 Å². The Balaban J connectivity index is 1.70. The molecule has 0 saturated carbocycles. The summed E-state index contributed by atoms with van der Waals surface area (Å²) in [6.45, 7) is 6.99. The highest BCUT2D eigenvalue weighted by Gasteiger charge is 2.21. The van der Waals surface area contributed by atoms with E-state index in [0.717, 1.165) is 28.0 Å². The minimum atomic E-state index is -0.314. The van der Waals surface area contributed by atoms with Gasteiger partial charge in [-0.05, 0) is 48.3 Å². The molecule has 3 aromatic rings. The number of para-hydroxylation sites is 1. The number of hydrogen-bond donors (Lipinski definition) is 1. The molecule has 142 valence electrons. The van der Waals surface area contributed by atoms with Crippen LogP contribution < -0.4 is 10.1 Å². The smallest absolute Gasteiger partial charge is 0.274 e. The number of ether oxygens (including phenoxy) is 1. The molecule has 2 heterocycles. The summed E-state index contributed by atoms with van der Waals surface area (Å²) in [7, 11) is 0. The number of rotatable bonds is 7. The Bertz CT molecular complexity index is 948. The monoisotopic (exact) mass is 432 g/mol. The maximum absolute atomic E-state index is 12.6. The second-order valence-corrected chi connectivity index (χ2v) is 6.91. The van der Waals surface area contributed by atoms with Crippen LogP contribution in [0.25, 0.3) is 0 Å².